The number of carbonyl (C=O) groups excluding carboxylic acids is 2. The third kappa shape index (κ3) is 5.34. The van der Waals surface area contributed by atoms with Gasteiger partial charge in [0.15, 0.2) is 0 Å². The van der Waals surface area contributed by atoms with E-state index < -0.39 is 11.6 Å². The van der Waals surface area contributed by atoms with Crippen LogP contribution in [0.1, 0.15) is 20.8 Å². The van der Waals surface area contributed by atoms with Gasteiger partial charge in [0.05, 0.1) is 5.54 Å². The number of benzene rings is 1. The number of hydrogen-bond acceptors (Lipinski definition) is 3. The molecule has 0 aliphatic heterocycles. The van der Waals surface area contributed by atoms with Gasteiger partial charge in [0.25, 0.3) is 0 Å². The average Bonchev–Trinajstić information content (AvgIpc) is 2.26. The molecule has 0 saturated carbocycles. The number of para-hydroxylation sites is 1. The van der Waals surface area contributed by atoms with Crippen LogP contribution >= 0.6 is 0 Å². The number of ether oxygens (including phenoxy) is 1. The number of carbonyl (C=O) groups is 2. The highest BCUT2D eigenvalue weighted by Crippen LogP contribution is 2.07. The number of anilines is 1. The van der Waals surface area contributed by atoms with Crippen molar-refractivity contribution >= 4 is 17.7 Å². The van der Waals surface area contributed by atoms with Crippen LogP contribution in [-0.4, -0.2) is 24.1 Å². The second-order valence-electron chi connectivity index (χ2n) is 4.63. The fourth-order valence-corrected chi connectivity index (χ4v) is 1.43. The molecule has 1 rings (SSSR count). The molecule has 1 aromatic carbocycles. The van der Waals surface area contributed by atoms with Gasteiger partial charge in [0.1, 0.15) is 6.61 Å². The summed E-state index contributed by atoms with van der Waals surface area (Å²) in [5, 5.41) is 5.29. The monoisotopic (exact) mass is 250 g/mol. The third-order valence-electron chi connectivity index (χ3n) is 2.10. The second kappa shape index (κ2) is 6.05. The third-order valence-corrected chi connectivity index (χ3v) is 2.10. The molecule has 0 aliphatic carbocycles. The van der Waals surface area contributed by atoms with Gasteiger partial charge in [-0.25, -0.2) is 4.79 Å². The Hall–Kier alpha value is -2.04. The Morgan fingerprint density at radius 1 is 1.22 bits per heavy atom. The molecule has 2 N–H and O–H groups in total. The van der Waals surface area contributed by atoms with Crippen molar-refractivity contribution in [3.63, 3.8) is 0 Å². The van der Waals surface area contributed by atoms with Crippen LogP contribution in [0.15, 0.2) is 30.3 Å². The Labute approximate surface area is 107 Å². The topological polar surface area (TPSA) is 67.4 Å². The van der Waals surface area contributed by atoms with E-state index in [0.29, 0.717) is 5.69 Å². The lowest BCUT2D eigenvalue weighted by Crippen LogP contribution is -2.46. The zero-order valence-corrected chi connectivity index (χ0v) is 10.8. The summed E-state index contributed by atoms with van der Waals surface area (Å²) in [4.78, 5) is 22.4. The first kappa shape index (κ1) is 14.0. The van der Waals surface area contributed by atoms with Crippen LogP contribution in [0.4, 0.5) is 10.5 Å². The number of nitrogens with one attached hydrogen (secondary N) is 2. The first-order valence-corrected chi connectivity index (χ1v) is 5.67. The van der Waals surface area contributed by atoms with Crippen molar-refractivity contribution < 1.29 is 14.3 Å². The van der Waals surface area contributed by atoms with Crippen LogP contribution < -0.4 is 10.6 Å². The first-order valence-electron chi connectivity index (χ1n) is 5.67. The second-order valence-corrected chi connectivity index (χ2v) is 4.63. The van der Waals surface area contributed by atoms with Gasteiger partial charge < -0.3 is 10.1 Å². The standard InChI is InChI=1S/C13H18N2O3/c1-10(16)15-13(2,3)9-18-12(17)14-11-7-5-4-6-8-11/h4-8H,9H2,1-3H3,(H,14,17)(H,15,16). The normalized spacial score (nSPS) is 10.6. The molecule has 0 fully saturated rings. The summed E-state index contributed by atoms with van der Waals surface area (Å²) in [6.07, 6.45) is -0.542. The number of amides is 2. The van der Waals surface area contributed by atoms with Crippen LogP contribution in [0.2, 0.25) is 0 Å². The molecule has 5 nitrogen and oxygen atoms in total. The summed E-state index contributed by atoms with van der Waals surface area (Å²) < 4.78 is 5.05. The van der Waals surface area contributed by atoms with Crippen LogP contribution in [0.3, 0.4) is 0 Å². The molecule has 0 aromatic heterocycles. The molecule has 0 unspecified atom stereocenters. The highest BCUT2D eigenvalue weighted by Gasteiger charge is 2.20. The molecule has 0 saturated heterocycles. The van der Waals surface area contributed by atoms with Crippen LogP contribution in [0.5, 0.6) is 0 Å². The van der Waals surface area contributed by atoms with E-state index in [1.165, 1.54) is 6.92 Å². The predicted molar refractivity (Wildman–Crippen MR) is 69.3 cm³/mol. The van der Waals surface area contributed by atoms with Crippen molar-refractivity contribution in [3.05, 3.63) is 30.3 Å². The van der Waals surface area contributed by atoms with Crippen molar-refractivity contribution in [2.75, 3.05) is 11.9 Å². The zero-order valence-electron chi connectivity index (χ0n) is 10.8. The highest BCUT2D eigenvalue weighted by atomic mass is 16.5. The molecular formula is C13H18N2O3. The lowest BCUT2D eigenvalue weighted by Gasteiger charge is -2.24. The van der Waals surface area contributed by atoms with E-state index in [2.05, 4.69) is 10.6 Å². The summed E-state index contributed by atoms with van der Waals surface area (Å²) in [6, 6.07) is 9.02. The van der Waals surface area contributed by atoms with Crippen molar-refractivity contribution in [2.24, 2.45) is 0 Å². The largest absolute Gasteiger partial charge is 0.447 e. The van der Waals surface area contributed by atoms with E-state index in [-0.39, 0.29) is 12.5 Å². The Morgan fingerprint density at radius 2 is 1.83 bits per heavy atom. The Morgan fingerprint density at radius 3 is 2.39 bits per heavy atom. The lowest BCUT2D eigenvalue weighted by molar-refractivity contribution is -0.121. The maximum Gasteiger partial charge on any atom is 0.411 e. The average molecular weight is 250 g/mol. The van der Waals surface area contributed by atoms with Gasteiger partial charge >= 0.3 is 6.09 Å². The van der Waals surface area contributed by atoms with E-state index >= 15 is 0 Å². The number of hydrogen-bond donors (Lipinski definition) is 2. The molecule has 18 heavy (non-hydrogen) atoms. The van der Waals surface area contributed by atoms with Gasteiger partial charge in [-0.3, -0.25) is 10.1 Å². The molecule has 0 spiro atoms. The highest BCUT2D eigenvalue weighted by molar-refractivity contribution is 5.84. The number of rotatable bonds is 4. The quantitative estimate of drug-likeness (QED) is 0.860. The van der Waals surface area contributed by atoms with Crippen molar-refractivity contribution in [2.45, 2.75) is 26.3 Å². The maximum absolute atomic E-state index is 11.5. The molecule has 0 bridgehead atoms. The summed E-state index contributed by atoms with van der Waals surface area (Å²) in [6.45, 7) is 5.09. The van der Waals surface area contributed by atoms with Crippen LogP contribution in [-0.2, 0) is 9.53 Å². The van der Waals surface area contributed by atoms with E-state index in [0.717, 1.165) is 0 Å². The molecule has 1 aromatic rings. The SMILES string of the molecule is CC(=O)NC(C)(C)COC(=O)Nc1ccccc1. The fraction of sp³-hybridized carbons (Fsp3) is 0.385. The van der Waals surface area contributed by atoms with Gasteiger partial charge in [-0.15, -0.1) is 0 Å². The van der Waals surface area contributed by atoms with Gasteiger partial charge in [0, 0.05) is 12.6 Å². The zero-order chi connectivity index (χ0) is 13.6. The molecule has 0 aliphatic rings. The molecule has 5 heteroatoms. The lowest BCUT2D eigenvalue weighted by atomic mass is 10.1. The van der Waals surface area contributed by atoms with Gasteiger partial charge in [-0.2, -0.15) is 0 Å². The van der Waals surface area contributed by atoms with E-state index in [4.69, 9.17) is 4.74 Å². The Bertz CT molecular complexity index is 416. The summed E-state index contributed by atoms with van der Waals surface area (Å²) >= 11 is 0. The van der Waals surface area contributed by atoms with Gasteiger partial charge in [-0.05, 0) is 26.0 Å². The van der Waals surface area contributed by atoms with Crippen LogP contribution in [0.25, 0.3) is 0 Å². The minimum atomic E-state index is -0.583. The molecule has 0 radical (unpaired) electrons. The minimum absolute atomic E-state index is 0.102. The molecule has 0 atom stereocenters. The van der Waals surface area contributed by atoms with Crippen molar-refractivity contribution in [1.29, 1.82) is 0 Å². The maximum atomic E-state index is 11.5. The minimum Gasteiger partial charge on any atom is -0.447 e. The molecule has 98 valence electrons. The van der Waals surface area contributed by atoms with E-state index in [1.807, 2.05) is 18.2 Å². The van der Waals surface area contributed by atoms with Gasteiger partial charge in [-0.1, -0.05) is 18.2 Å². The molecular weight excluding hydrogens is 232 g/mol. The van der Waals surface area contributed by atoms with Gasteiger partial charge in [0.2, 0.25) is 5.91 Å². The fourth-order valence-electron chi connectivity index (χ4n) is 1.43. The molecule has 0 heterocycles. The summed E-state index contributed by atoms with van der Waals surface area (Å²) in [7, 11) is 0. The van der Waals surface area contributed by atoms with E-state index in [9.17, 15) is 9.59 Å². The smallest absolute Gasteiger partial charge is 0.411 e. The summed E-state index contributed by atoms with van der Waals surface area (Å²) in [5.74, 6) is -0.160. The Kier molecular flexibility index (Phi) is 4.71. The Balaban J connectivity index is 2.40. The van der Waals surface area contributed by atoms with Crippen LogP contribution in [0, 0.1) is 0 Å². The molecule has 2 amide bonds. The van der Waals surface area contributed by atoms with E-state index in [1.54, 1.807) is 26.0 Å². The summed E-state index contributed by atoms with van der Waals surface area (Å²) in [5.41, 5.74) is 0.0830. The van der Waals surface area contributed by atoms with Crippen molar-refractivity contribution in [3.8, 4) is 0 Å². The first-order chi connectivity index (χ1) is 8.39. The van der Waals surface area contributed by atoms with Crippen molar-refractivity contribution in [1.82, 2.24) is 5.32 Å². The predicted octanol–water partition coefficient (Wildman–Crippen LogP) is 2.15.